The first-order chi connectivity index (χ1) is 14.2. The molecule has 0 spiro atoms. The largest absolute Gasteiger partial charge is 0.459 e. The molecule has 9 nitrogen and oxygen atoms in total. The van der Waals surface area contributed by atoms with Crippen LogP contribution in [0, 0.1) is 10.1 Å². The number of anilines is 2. The number of nitrogens with one attached hydrogen (secondary N) is 1. The zero-order chi connectivity index (χ0) is 22.0. The Kier molecular flexibility index (Phi) is 5.84. The molecule has 1 heterocycles. The molecular weight excluding hydrogens is 414 g/mol. The number of carbonyl (C=O) groups is 3. The minimum atomic E-state index is -0.804. The van der Waals surface area contributed by atoms with Crippen molar-refractivity contribution in [1.29, 1.82) is 0 Å². The quantitative estimate of drug-likeness (QED) is 0.322. The first kappa shape index (κ1) is 21.0. The Morgan fingerprint density at radius 2 is 1.80 bits per heavy atom. The van der Waals surface area contributed by atoms with Gasteiger partial charge in [-0.3, -0.25) is 19.7 Å². The van der Waals surface area contributed by atoms with E-state index in [9.17, 15) is 24.5 Å². The van der Waals surface area contributed by atoms with Gasteiger partial charge in [-0.2, -0.15) is 0 Å². The summed E-state index contributed by atoms with van der Waals surface area (Å²) in [6, 6.07) is 11.2. The molecule has 0 aliphatic carbocycles. The Morgan fingerprint density at radius 3 is 2.40 bits per heavy atom. The number of carbonyl (C=O) groups excluding carboxylic acids is 3. The number of amides is 2. The Morgan fingerprint density at radius 1 is 1.13 bits per heavy atom. The summed E-state index contributed by atoms with van der Waals surface area (Å²) < 4.78 is 5.10. The first-order valence-corrected chi connectivity index (χ1v) is 9.18. The number of rotatable bonds is 6. The number of nitro groups is 1. The molecule has 1 N–H and O–H groups in total. The SMILES string of the molecule is CC(C)OC(=O)c1ccc(NC2=C(Cl)C(=O)N(c3cccc([N+](=O)[O-])c3)C2=O)cc1. The number of halogens is 1. The van der Waals surface area contributed by atoms with E-state index in [1.165, 1.54) is 42.5 Å². The summed E-state index contributed by atoms with van der Waals surface area (Å²) in [5.41, 5.74) is 0.314. The number of nitrogens with zero attached hydrogens (tertiary/aromatic N) is 2. The smallest absolute Gasteiger partial charge is 0.338 e. The maximum absolute atomic E-state index is 12.8. The molecule has 0 atom stereocenters. The van der Waals surface area contributed by atoms with Crippen LogP contribution in [0.4, 0.5) is 17.1 Å². The first-order valence-electron chi connectivity index (χ1n) is 8.80. The molecule has 10 heteroatoms. The van der Waals surface area contributed by atoms with Crippen molar-refractivity contribution in [2.45, 2.75) is 20.0 Å². The number of benzene rings is 2. The van der Waals surface area contributed by atoms with E-state index in [1.54, 1.807) is 13.8 Å². The van der Waals surface area contributed by atoms with Gasteiger partial charge in [-0.15, -0.1) is 0 Å². The van der Waals surface area contributed by atoms with Crippen LogP contribution < -0.4 is 10.2 Å². The van der Waals surface area contributed by atoms with Gasteiger partial charge in [-0.05, 0) is 44.2 Å². The van der Waals surface area contributed by atoms with Crippen LogP contribution in [0.5, 0.6) is 0 Å². The van der Waals surface area contributed by atoms with Crippen LogP contribution in [0.25, 0.3) is 0 Å². The van der Waals surface area contributed by atoms with Gasteiger partial charge in [0.25, 0.3) is 17.5 Å². The Labute approximate surface area is 176 Å². The third kappa shape index (κ3) is 4.15. The van der Waals surface area contributed by atoms with Gasteiger partial charge in [0, 0.05) is 17.8 Å². The Bertz CT molecular complexity index is 1080. The highest BCUT2D eigenvalue weighted by molar-refractivity contribution is 6.53. The summed E-state index contributed by atoms with van der Waals surface area (Å²) in [5.74, 6) is -2.05. The molecule has 0 aromatic heterocycles. The number of nitro benzene ring substituents is 1. The van der Waals surface area contributed by atoms with Gasteiger partial charge < -0.3 is 10.1 Å². The number of ether oxygens (including phenoxy) is 1. The predicted octanol–water partition coefficient (Wildman–Crippen LogP) is 3.60. The molecule has 0 radical (unpaired) electrons. The van der Waals surface area contributed by atoms with Gasteiger partial charge >= 0.3 is 5.97 Å². The van der Waals surface area contributed by atoms with Crippen LogP contribution in [0.15, 0.2) is 59.3 Å². The van der Waals surface area contributed by atoms with Crippen LogP contribution >= 0.6 is 11.6 Å². The average Bonchev–Trinajstić information content (AvgIpc) is 2.91. The van der Waals surface area contributed by atoms with E-state index < -0.39 is 22.7 Å². The molecular formula is C20H16ClN3O6. The van der Waals surface area contributed by atoms with Crippen molar-refractivity contribution in [3.05, 3.63) is 74.9 Å². The Hall–Kier alpha value is -3.72. The second kappa shape index (κ2) is 8.34. The lowest BCUT2D eigenvalue weighted by atomic mass is 10.2. The fraction of sp³-hybridized carbons (Fsp3) is 0.150. The predicted molar refractivity (Wildman–Crippen MR) is 109 cm³/mol. The highest BCUT2D eigenvalue weighted by Crippen LogP contribution is 2.31. The molecule has 30 heavy (non-hydrogen) atoms. The summed E-state index contributed by atoms with van der Waals surface area (Å²) >= 11 is 6.06. The van der Waals surface area contributed by atoms with Gasteiger partial charge in [-0.1, -0.05) is 17.7 Å². The van der Waals surface area contributed by atoms with E-state index in [0.717, 1.165) is 11.0 Å². The second-order valence-electron chi connectivity index (χ2n) is 6.57. The van der Waals surface area contributed by atoms with Crippen molar-refractivity contribution in [3.8, 4) is 0 Å². The molecule has 1 aliphatic heterocycles. The third-order valence-electron chi connectivity index (χ3n) is 4.06. The van der Waals surface area contributed by atoms with E-state index in [0.29, 0.717) is 11.3 Å². The highest BCUT2D eigenvalue weighted by Gasteiger charge is 2.39. The number of hydrogen-bond acceptors (Lipinski definition) is 7. The van der Waals surface area contributed by atoms with Crippen LogP contribution in [0.2, 0.25) is 0 Å². The minimum Gasteiger partial charge on any atom is -0.459 e. The summed E-state index contributed by atoms with van der Waals surface area (Å²) in [5, 5.41) is 13.4. The van der Waals surface area contributed by atoms with Crippen molar-refractivity contribution >= 4 is 46.4 Å². The lowest BCUT2D eigenvalue weighted by Gasteiger charge is -2.15. The molecule has 1 aliphatic rings. The van der Waals surface area contributed by atoms with Gasteiger partial charge in [0.2, 0.25) is 0 Å². The van der Waals surface area contributed by atoms with Crippen molar-refractivity contribution in [2.75, 3.05) is 10.2 Å². The molecule has 0 saturated heterocycles. The fourth-order valence-corrected chi connectivity index (χ4v) is 2.92. The number of non-ortho nitro benzene ring substituents is 1. The minimum absolute atomic E-state index is 0.0286. The molecule has 2 aromatic carbocycles. The van der Waals surface area contributed by atoms with Crippen molar-refractivity contribution in [3.63, 3.8) is 0 Å². The lowest BCUT2D eigenvalue weighted by Crippen LogP contribution is -2.32. The van der Waals surface area contributed by atoms with E-state index in [1.807, 2.05) is 0 Å². The van der Waals surface area contributed by atoms with Gasteiger partial charge in [0.1, 0.15) is 10.7 Å². The standard InChI is InChI=1S/C20H16ClN3O6/c1-11(2)30-20(27)12-6-8-13(9-7-12)22-17-16(21)18(25)23(19(17)26)14-4-3-5-15(10-14)24(28)29/h3-11,22H,1-2H3. The summed E-state index contributed by atoms with van der Waals surface area (Å²) in [6.45, 7) is 3.47. The highest BCUT2D eigenvalue weighted by atomic mass is 35.5. The molecule has 0 bridgehead atoms. The number of hydrogen-bond donors (Lipinski definition) is 1. The van der Waals surface area contributed by atoms with Crippen molar-refractivity contribution < 1.29 is 24.0 Å². The zero-order valence-electron chi connectivity index (χ0n) is 15.9. The molecule has 2 aromatic rings. The molecule has 0 saturated carbocycles. The van der Waals surface area contributed by atoms with E-state index in [-0.39, 0.29) is 28.2 Å². The summed E-state index contributed by atoms with van der Waals surface area (Å²) in [6.07, 6.45) is -0.263. The maximum atomic E-state index is 12.8. The van der Waals surface area contributed by atoms with Crippen molar-refractivity contribution in [1.82, 2.24) is 0 Å². The van der Waals surface area contributed by atoms with E-state index in [2.05, 4.69) is 5.32 Å². The molecule has 3 rings (SSSR count). The van der Waals surface area contributed by atoms with Crippen LogP contribution in [-0.2, 0) is 14.3 Å². The fourth-order valence-electron chi connectivity index (χ4n) is 2.71. The van der Waals surface area contributed by atoms with Crippen LogP contribution in [0.1, 0.15) is 24.2 Å². The number of imide groups is 1. The van der Waals surface area contributed by atoms with Gasteiger partial charge in [0.15, 0.2) is 0 Å². The maximum Gasteiger partial charge on any atom is 0.338 e. The molecule has 154 valence electrons. The number of esters is 1. The molecule has 0 fully saturated rings. The van der Waals surface area contributed by atoms with Crippen molar-refractivity contribution in [2.24, 2.45) is 0 Å². The average molecular weight is 430 g/mol. The lowest BCUT2D eigenvalue weighted by molar-refractivity contribution is -0.384. The third-order valence-corrected chi connectivity index (χ3v) is 4.41. The van der Waals surface area contributed by atoms with Crippen LogP contribution in [0.3, 0.4) is 0 Å². The van der Waals surface area contributed by atoms with E-state index in [4.69, 9.17) is 16.3 Å². The van der Waals surface area contributed by atoms with Crippen LogP contribution in [-0.4, -0.2) is 28.8 Å². The molecule has 2 amide bonds. The van der Waals surface area contributed by atoms with E-state index >= 15 is 0 Å². The normalized spacial score (nSPS) is 13.8. The second-order valence-corrected chi connectivity index (χ2v) is 6.95. The van der Waals surface area contributed by atoms with Gasteiger partial charge in [-0.25, -0.2) is 9.69 Å². The Balaban J connectivity index is 1.81. The molecule has 0 unspecified atom stereocenters. The topological polar surface area (TPSA) is 119 Å². The summed E-state index contributed by atoms with van der Waals surface area (Å²) in [4.78, 5) is 48.3. The summed E-state index contributed by atoms with van der Waals surface area (Å²) in [7, 11) is 0. The monoisotopic (exact) mass is 429 g/mol. The zero-order valence-corrected chi connectivity index (χ0v) is 16.7. The van der Waals surface area contributed by atoms with Gasteiger partial charge in [0.05, 0.1) is 22.3 Å².